The van der Waals surface area contributed by atoms with E-state index in [1.807, 2.05) is 36.4 Å². The van der Waals surface area contributed by atoms with Crippen LogP contribution in [0.4, 0.5) is 0 Å². The Hall–Kier alpha value is -2.89. The van der Waals surface area contributed by atoms with Gasteiger partial charge in [0, 0.05) is 12.0 Å². The summed E-state index contributed by atoms with van der Waals surface area (Å²) in [7, 11) is 0. The van der Waals surface area contributed by atoms with Gasteiger partial charge in [-0.2, -0.15) is 0 Å². The highest BCUT2D eigenvalue weighted by Gasteiger charge is 2.23. The van der Waals surface area contributed by atoms with Gasteiger partial charge in [0.2, 0.25) is 0 Å². The highest BCUT2D eigenvalue weighted by atomic mass is 16.5. The molecule has 1 heterocycles. The molecular formula is C37H57N3O3. The first-order valence-electron chi connectivity index (χ1n) is 17.1. The number of carbonyl (C=O) groups excluding carboxylic acids is 1. The van der Waals surface area contributed by atoms with Gasteiger partial charge >= 0.3 is 5.97 Å². The number of aryl methyl sites for hydroxylation is 1. The predicted octanol–water partition coefficient (Wildman–Crippen LogP) is 10.2. The van der Waals surface area contributed by atoms with E-state index in [1.165, 1.54) is 94.7 Å². The Kier molecular flexibility index (Phi) is 15.0. The fourth-order valence-electron chi connectivity index (χ4n) is 5.67. The topological polar surface area (TPSA) is 77.2 Å². The minimum atomic E-state index is -0.283. The largest absolute Gasteiger partial charge is 0.505 e. The van der Waals surface area contributed by atoms with Gasteiger partial charge in [-0.3, -0.25) is 4.79 Å². The first-order chi connectivity index (χ1) is 20.8. The van der Waals surface area contributed by atoms with Crippen molar-refractivity contribution in [1.82, 2.24) is 15.0 Å². The number of benzene rings is 2. The normalized spacial score (nSPS) is 11.8. The van der Waals surface area contributed by atoms with Crippen LogP contribution in [-0.2, 0) is 21.4 Å². The monoisotopic (exact) mass is 591 g/mol. The number of ether oxygens (including phenoxy) is 1. The van der Waals surface area contributed by atoms with Gasteiger partial charge in [-0.05, 0) is 42.0 Å². The highest BCUT2D eigenvalue weighted by Crippen LogP contribution is 2.36. The minimum Gasteiger partial charge on any atom is -0.505 e. The van der Waals surface area contributed by atoms with E-state index in [9.17, 15) is 9.90 Å². The van der Waals surface area contributed by atoms with Gasteiger partial charge < -0.3 is 9.84 Å². The van der Waals surface area contributed by atoms with Gasteiger partial charge in [0.25, 0.3) is 0 Å². The highest BCUT2D eigenvalue weighted by molar-refractivity contribution is 5.74. The summed E-state index contributed by atoms with van der Waals surface area (Å²) in [5.74, 6) is -0.00141. The zero-order chi connectivity index (χ0) is 30.9. The lowest BCUT2D eigenvalue weighted by atomic mass is 9.84. The van der Waals surface area contributed by atoms with E-state index in [0.717, 1.165) is 35.0 Å². The molecule has 0 bridgehead atoms. The SMILES string of the molecule is CCCCCCCCCCCCCCCCCCOC(=O)CCc1cc(-n2nc3ccccc3n2)c(O)c(C(C)(C)C)c1. The summed E-state index contributed by atoms with van der Waals surface area (Å²) in [6.45, 7) is 8.97. The van der Waals surface area contributed by atoms with Crippen molar-refractivity contribution >= 4 is 17.0 Å². The molecule has 0 radical (unpaired) electrons. The number of fused-ring (bicyclic) bond motifs is 1. The third kappa shape index (κ3) is 12.3. The molecule has 0 atom stereocenters. The molecule has 0 spiro atoms. The number of esters is 1. The van der Waals surface area contributed by atoms with E-state index in [1.54, 1.807) is 0 Å². The number of hydrogen-bond acceptors (Lipinski definition) is 5. The van der Waals surface area contributed by atoms with Crippen LogP contribution in [0, 0.1) is 0 Å². The molecular weight excluding hydrogens is 534 g/mol. The molecule has 0 fully saturated rings. The third-order valence-electron chi connectivity index (χ3n) is 8.34. The van der Waals surface area contributed by atoms with E-state index in [0.29, 0.717) is 25.1 Å². The Balaban J connectivity index is 1.30. The molecule has 6 nitrogen and oxygen atoms in total. The summed E-state index contributed by atoms with van der Waals surface area (Å²) in [4.78, 5) is 14.0. The van der Waals surface area contributed by atoms with E-state index >= 15 is 0 Å². The molecule has 0 aliphatic carbocycles. The maximum atomic E-state index is 12.5. The number of phenolic OH excluding ortho intramolecular Hbond substituents is 1. The molecule has 2 aromatic carbocycles. The Morgan fingerprint density at radius 3 is 1.74 bits per heavy atom. The number of unbranched alkanes of at least 4 members (excludes halogenated alkanes) is 15. The van der Waals surface area contributed by atoms with Gasteiger partial charge in [0.15, 0.2) is 0 Å². The number of phenols is 1. The Morgan fingerprint density at radius 1 is 0.767 bits per heavy atom. The zero-order valence-corrected chi connectivity index (χ0v) is 27.5. The van der Waals surface area contributed by atoms with Crippen molar-refractivity contribution in [3.63, 3.8) is 0 Å². The van der Waals surface area contributed by atoms with Crippen molar-refractivity contribution < 1.29 is 14.6 Å². The van der Waals surface area contributed by atoms with Crippen LogP contribution in [0.15, 0.2) is 36.4 Å². The molecule has 0 saturated carbocycles. The maximum Gasteiger partial charge on any atom is 0.306 e. The average molecular weight is 592 g/mol. The second kappa shape index (κ2) is 18.7. The summed E-state index contributed by atoms with van der Waals surface area (Å²) in [6, 6.07) is 11.5. The van der Waals surface area contributed by atoms with Crippen LogP contribution in [-0.4, -0.2) is 32.7 Å². The summed E-state index contributed by atoms with van der Waals surface area (Å²) < 4.78 is 5.54. The standard InChI is InChI=1S/C37H57N3O3/c1-5-6-7-8-9-10-11-12-13-14-15-16-17-18-19-22-27-43-35(41)26-25-30-28-31(37(2,3)4)36(42)34(29-30)40-38-32-23-20-21-24-33(32)39-40/h20-21,23-24,28-29,42H,5-19,22,25-27H2,1-4H3. The summed E-state index contributed by atoms with van der Waals surface area (Å²) in [5, 5.41) is 20.3. The van der Waals surface area contributed by atoms with Crippen LogP contribution in [0.25, 0.3) is 16.7 Å². The lowest BCUT2D eigenvalue weighted by molar-refractivity contribution is -0.143. The molecule has 0 aliphatic heterocycles. The average Bonchev–Trinajstić information content (AvgIpc) is 3.42. The van der Waals surface area contributed by atoms with Crippen molar-refractivity contribution in [1.29, 1.82) is 0 Å². The number of rotatable bonds is 21. The van der Waals surface area contributed by atoms with E-state index in [2.05, 4.69) is 37.9 Å². The van der Waals surface area contributed by atoms with Crippen LogP contribution < -0.4 is 0 Å². The lowest BCUT2D eigenvalue weighted by Crippen LogP contribution is -2.14. The summed E-state index contributed by atoms with van der Waals surface area (Å²) >= 11 is 0. The van der Waals surface area contributed by atoms with Crippen molar-refractivity contribution in [3.05, 3.63) is 47.5 Å². The first kappa shape index (κ1) is 34.6. The second-order valence-electron chi connectivity index (χ2n) is 13.3. The maximum absolute atomic E-state index is 12.5. The molecule has 3 aromatic rings. The Labute approximate surface area is 260 Å². The predicted molar refractivity (Wildman–Crippen MR) is 178 cm³/mol. The number of carbonyl (C=O) groups is 1. The molecule has 238 valence electrons. The van der Waals surface area contributed by atoms with Crippen LogP contribution in [0.5, 0.6) is 5.75 Å². The summed E-state index contributed by atoms with van der Waals surface area (Å²) in [5.41, 5.74) is 3.54. The smallest absolute Gasteiger partial charge is 0.306 e. The Bertz CT molecular complexity index is 1190. The van der Waals surface area contributed by atoms with Crippen LogP contribution in [0.1, 0.15) is 148 Å². The number of aromatic hydroxyl groups is 1. The minimum absolute atomic E-state index is 0.169. The van der Waals surface area contributed by atoms with E-state index in [4.69, 9.17) is 4.74 Å². The van der Waals surface area contributed by atoms with Gasteiger partial charge in [-0.15, -0.1) is 15.0 Å². The molecule has 0 saturated heterocycles. The van der Waals surface area contributed by atoms with Gasteiger partial charge in [0.1, 0.15) is 22.5 Å². The molecule has 6 heteroatoms. The van der Waals surface area contributed by atoms with Gasteiger partial charge in [-0.25, -0.2) is 0 Å². The summed E-state index contributed by atoms with van der Waals surface area (Å²) in [6.07, 6.45) is 22.1. The molecule has 0 unspecified atom stereocenters. The molecule has 43 heavy (non-hydrogen) atoms. The van der Waals surface area contributed by atoms with Gasteiger partial charge in [-0.1, -0.05) is 142 Å². The van der Waals surface area contributed by atoms with Crippen molar-refractivity contribution in [2.24, 2.45) is 0 Å². The van der Waals surface area contributed by atoms with Crippen LogP contribution >= 0.6 is 0 Å². The first-order valence-corrected chi connectivity index (χ1v) is 17.1. The Morgan fingerprint density at radius 2 is 1.26 bits per heavy atom. The molecule has 1 aromatic heterocycles. The number of hydrogen-bond donors (Lipinski definition) is 1. The van der Waals surface area contributed by atoms with Crippen molar-refractivity contribution in [3.8, 4) is 11.4 Å². The fourth-order valence-corrected chi connectivity index (χ4v) is 5.67. The molecule has 0 aliphatic rings. The van der Waals surface area contributed by atoms with Gasteiger partial charge in [0.05, 0.1) is 6.61 Å². The lowest BCUT2D eigenvalue weighted by Gasteiger charge is -2.23. The molecule has 0 amide bonds. The third-order valence-corrected chi connectivity index (χ3v) is 8.34. The van der Waals surface area contributed by atoms with Crippen molar-refractivity contribution in [2.75, 3.05) is 6.61 Å². The number of nitrogens with zero attached hydrogens (tertiary/aromatic N) is 3. The van der Waals surface area contributed by atoms with E-state index < -0.39 is 0 Å². The fraction of sp³-hybridized carbons (Fsp3) is 0.649. The zero-order valence-electron chi connectivity index (χ0n) is 27.5. The second-order valence-corrected chi connectivity index (χ2v) is 13.3. The van der Waals surface area contributed by atoms with Crippen LogP contribution in [0.2, 0.25) is 0 Å². The quantitative estimate of drug-likeness (QED) is 0.0985. The molecule has 3 rings (SSSR count). The van der Waals surface area contributed by atoms with Crippen molar-refractivity contribution in [2.45, 2.75) is 149 Å². The number of aromatic nitrogens is 3. The van der Waals surface area contributed by atoms with E-state index in [-0.39, 0.29) is 17.1 Å². The molecule has 1 N–H and O–H groups in total. The van der Waals surface area contributed by atoms with Crippen LogP contribution in [0.3, 0.4) is 0 Å².